The molecule has 1 N–H and O–H groups in total. The van der Waals surface area contributed by atoms with E-state index in [1.807, 2.05) is 17.5 Å². The summed E-state index contributed by atoms with van der Waals surface area (Å²) in [6.07, 6.45) is 1.27. The van der Waals surface area contributed by atoms with Crippen molar-refractivity contribution in [3.8, 4) is 27.9 Å². The summed E-state index contributed by atoms with van der Waals surface area (Å²) in [5.41, 5.74) is 1.05. The van der Waals surface area contributed by atoms with Crippen molar-refractivity contribution in [2.24, 2.45) is 0 Å². The zero-order valence-electron chi connectivity index (χ0n) is 14.6. The summed E-state index contributed by atoms with van der Waals surface area (Å²) in [5, 5.41) is 4.75. The first kappa shape index (κ1) is 17.8. The summed E-state index contributed by atoms with van der Waals surface area (Å²) >= 11 is 1.48. The SMILES string of the molecule is COc1cc(CNC(=O)c2ncoc2-c2cccs2)cc(OC)c1OC. The molecule has 26 heavy (non-hydrogen) atoms. The number of methoxy groups -OCH3 is 3. The van der Waals surface area contributed by atoms with Gasteiger partial charge in [-0.3, -0.25) is 4.79 Å². The van der Waals surface area contributed by atoms with Gasteiger partial charge in [-0.25, -0.2) is 4.98 Å². The Kier molecular flexibility index (Phi) is 5.43. The number of rotatable bonds is 7. The van der Waals surface area contributed by atoms with Gasteiger partial charge in [0.05, 0.1) is 26.2 Å². The van der Waals surface area contributed by atoms with E-state index in [4.69, 9.17) is 18.6 Å². The number of hydrogen-bond acceptors (Lipinski definition) is 7. The molecule has 0 unspecified atom stereocenters. The average Bonchev–Trinajstić information content (AvgIpc) is 3.35. The van der Waals surface area contributed by atoms with Crippen molar-refractivity contribution < 1.29 is 23.4 Å². The van der Waals surface area contributed by atoms with E-state index in [-0.39, 0.29) is 18.1 Å². The van der Waals surface area contributed by atoms with Crippen LogP contribution in [0.3, 0.4) is 0 Å². The maximum atomic E-state index is 12.5. The maximum Gasteiger partial charge on any atom is 0.274 e. The molecule has 0 saturated heterocycles. The molecule has 2 aromatic heterocycles. The van der Waals surface area contributed by atoms with Crippen LogP contribution in [0.2, 0.25) is 0 Å². The highest BCUT2D eigenvalue weighted by atomic mass is 32.1. The fraction of sp³-hybridized carbons (Fsp3) is 0.222. The number of aromatic nitrogens is 1. The van der Waals surface area contributed by atoms with Gasteiger partial charge < -0.3 is 23.9 Å². The highest BCUT2D eigenvalue weighted by Crippen LogP contribution is 2.38. The van der Waals surface area contributed by atoms with Crippen LogP contribution >= 0.6 is 11.3 Å². The van der Waals surface area contributed by atoms with Gasteiger partial charge in [0, 0.05) is 6.54 Å². The molecule has 136 valence electrons. The molecule has 0 atom stereocenters. The number of carbonyl (C=O) groups is 1. The molecule has 3 rings (SSSR count). The van der Waals surface area contributed by atoms with Gasteiger partial charge in [-0.05, 0) is 29.1 Å². The number of hydrogen-bond donors (Lipinski definition) is 1. The molecule has 0 aliphatic rings. The van der Waals surface area contributed by atoms with Crippen molar-refractivity contribution in [1.29, 1.82) is 0 Å². The van der Waals surface area contributed by atoms with Crippen LogP contribution in [0.4, 0.5) is 0 Å². The minimum absolute atomic E-state index is 0.250. The molecule has 0 spiro atoms. The Hall–Kier alpha value is -3.00. The van der Waals surface area contributed by atoms with Crippen LogP contribution in [0.25, 0.3) is 10.6 Å². The third-order valence-corrected chi connectivity index (χ3v) is 4.57. The van der Waals surface area contributed by atoms with Gasteiger partial charge in [0.25, 0.3) is 5.91 Å². The fourth-order valence-corrected chi connectivity index (χ4v) is 3.21. The molecule has 1 amide bonds. The van der Waals surface area contributed by atoms with Crippen molar-refractivity contribution in [1.82, 2.24) is 10.3 Å². The van der Waals surface area contributed by atoms with Crippen LogP contribution in [0.15, 0.2) is 40.5 Å². The normalized spacial score (nSPS) is 10.4. The second-order valence-electron chi connectivity index (χ2n) is 5.22. The van der Waals surface area contributed by atoms with Gasteiger partial charge in [0.1, 0.15) is 0 Å². The van der Waals surface area contributed by atoms with Gasteiger partial charge >= 0.3 is 0 Å². The molecule has 0 aliphatic carbocycles. The van der Waals surface area contributed by atoms with E-state index in [0.717, 1.165) is 10.4 Å². The number of nitrogens with zero attached hydrogens (tertiary/aromatic N) is 1. The molecule has 0 fully saturated rings. The molecule has 7 nitrogen and oxygen atoms in total. The van der Waals surface area contributed by atoms with Crippen molar-refractivity contribution in [3.63, 3.8) is 0 Å². The topological polar surface area (TPSA) is 82.8 Å². The van der Waals surface area contributed by atoms with Crippen molar-refractivity contribution in [2.45, 2.75) is 6.54 Å². The first-order valence-corrected chi connectivity index (χ1v) is 8.60. The summed E-state index contributed by atoms with van der Waals surface area (Å²) in [5.74, 6) is 1.69. The Morgan fingerprint density at radius 2 is 1.92 bits per heavy atom. The zero-order chi connectivity index (χ0) is 18.5. The molecule has 0 aliphatic heterocycles. The van der Waals surface area contributed by atoms with Gasteiger partial charge in [0.15, 0.2) is 29.3 Å². The Labute approximate surface area is 154 Å². The highest BCUT2D eigenvalue weighted by Gasteiger charge is 2.19. The van der Waals surface area contributed by atoms with Gasteiger partial charge in [-0.15, -0.1) is 11.3 Å². The number of nitrogens with one attached hydrogen (secondary N) is 1. The Morgan fingerprint density at radius 3 is 2.50 bits per heavy atom. The van der Waals surface area contributed by atoms with Crippen LogP contribution in [-0.4, -0.2) is 32.2 Å². The fourth-order valence-electron chi connectivity index (χ4n) is 2.49. The maximum absolute atomic E-state index is 12.5. The Balaban J connectivity index is 1.78. The summed E-state index contributed by atoms with van der Waals surface area (Å²) in [6, 6.07) is 7.33. The number of benzene rings is 1. The van der Waals surface area contributed by atoms with Gasteiger partial charge in [0.2, 0.25) is 5.75 Å². The smallest absolute Gasteiger partial charge is 0.274 e. The lowest BCUT2D eigenvalue weighted by Crippen LogP contribution is -2.23. The highest BCUT2D eigenvalue weighted by molar-refractivity contribution is 7.13. The lowest BCUT2D eigenvalue weighted by molar-refractivity contribution is 0.0946. The molecule has 0 saturated carbocycles. The molecular formula is C18H18N2O5S. The lowest BCUT2D eigenvalue weighted by atomic mass is 10.1. The summed E-state index contributed by atoms with van der Waals surface area (Å²) in [6.45, 7) is 0.270. The third kappa shape index (κ3) is 3.50. The van der Waals surface area contributed by atoms with Crippen molar-refractivity contribution in [2.75, 3.05) is 21.3 Å². The number of oxazole rings is 1. The predicted molar refractivity (Wildman–Crippen MR) is 97.1 cm³/mol. The largest absolute Gasteiger partial charge is 0.493 e. The van der Waals surface area contributed by atoms with Crippen molar-refractivity contribution in [3.05, 3.63) is 47.3 Å². The summed E-state index contributed by atoms with van der Waals surface area (Å²) in [7, 11) is 4.63. The van der Waals surface area contributed by atoms with E-state index < -0.39 is 0 Å². The van der Waals surface area contributed by atoms with Gasteiger partial charge in [-0.1, -0.05) is 6.07 Å². The number of ether oxygens (including phenoxy) is 3. The van der Waals surface area contributed by atoms with Crippen LogP contribution in [0.5, 0.6) is 17.2 Å². The van der Waals surface area contributed by atoms with Gasteiger partial charge in [-0.2, -0.15) is 0 Å². The molecular weight excluding hydrogens is 356 g/mol. The number of thiophene rings is 1. The minimum atomic E-state index is -0.323. The van der Waals surface area contributed by atoms with E-state index in [1.54, 1.807) is 33.5 Å². The van der Waals surface area contributed by atoms with E-state index in [2.05, 4.69) is 10.3 Å². The van der Waals surface area contributed by atoms with Crippen LogP contribution in [0.1, 0.15) is 16.1 Å². The van der Waals surface area contributed by atoms with Crippen LogP contribution in [-0.2, 0) is 6.54 Å². The average molecular weight is 374 g/mol. The Morgan fingerprint density at radius 1 is 1.19 bits per heavy atom. The van der Waals surface area contributed by atoms with E-state index in [9.17, 15) is 4.79 Å². The molecule has 1 aromatic carbocycles. The van der Waals surface area contributed by atoms with E-state index >= 15 is 0 Å². The second kappa shape index (κ2) is 7.92. The molecule has 3 aromatic rings. The summed E-state index contributed by atoms with van der Waals surface area (Å²) in [4.78, 5) is 17.4. The van der Waals surface area contributed by atoms with Crippen LogP contribution in [0, 0.1) is 0 Å². The van der Waals surface area contributed by atoms with Crippen LogP contribution < -0.4 is 19.5 Å². The predicted octanol–water partition coefficient (Wildman–Crippen LogP) is 3.36. The monoisotopic (exact) mass is 374 g/mol. The lowest BCUT2D eigenvalue weighted by Gasteiger charge is -2.14. The van der Waals surface area contributed by atoms with E-state index in [1.165, 1.54) is 17.7 Å². The minimum Gasteiger partial charge on any atom is -0.493 e. The first-order chi connectivity index (χ1) is 12.7. The first-order valence-electron chi connectivity index (χ1n) is 7.72. The molecule has 0 bridgehead atoms. The standard InChI is InChI=1S/C18H18N2O5S/c1-22-12-7-11(8-13(23-2)16(12)24-3)9-19-18(21)15-17(25-10-20-15)14-5-4-6-26-14/h4-8,10H,9H2,1-3H3,(H,19,21). The number of carbonyl (C=O) groups excluding carboxylic acids is 1. The molecule has 0 radical (unpaired) electrons. The van der Waals surface area contributed by atoms with E-state index in [0.29, 0.717) is 23.0 Å². The third-order valence-electron chi connectivity index (χ3n) is 3.71. The molecule has 2 heterocycles. The Bertz CT molecular complexity index is 864. The zero-order valence-corrected chi connectivity index (χ0v) is 15.4. The second-order valence-corrected chi connectivity index (χ2v) is 6.17. The molecule has 8 heteroatoms. The number of amides is 1. The van der Waals surface area contributed by atoms with Crippen molar-refractivity contribution >= 4 is 17.2 Å². The quantitative estimate of drug-likeness (QED) is 0.683. The summed E-state index contributed by atoms with van der Waals surface area (Å²) < 4.78 is 21.3.